The van der Waals surface area contributed by atoms with Crippen molar-refractivity contribution in [2.75, 3.05) is 19.8 Å². The molecule has 0 aromatic carbocycles. The van der Waals surface area contributed by atoms with Crippen LogP contribution in [0.3, 0.4) is 0 Å². The Balaban J connectivity index is 4.79. The normalized spacial score (nSPS) is 12.3. The second kappa shape index (κ2) is 17.1. The maximum absolute atomic E-state index is 12.5. The highest BCUT2D eigenvalue weighted by Gasteiger charge is 2.25. The average Bonchev–Trinajstić information content (AvgIpc) is 2.76. The molecular formula is C24H39N3O8. The first-order valence-corrected chi connectivity index (χ1v) is 11.5. The molecule has 0 fully saturated rings. The summed E-state index contributed by atoms with van der Waals surface area (Å²) in [4.78, 5) is 60.1. The molecule has 0 aromatic rings. The van der Waals surface area contributed by atoms with Crippen molar-refractivity contribution < 1.29 is 38.2 Å². The lowest BCUT2D eigenvalue weighted by molar-refractivity contribution is -0.145. The van der Waals surface area contributed by atoms with E-state index in [-0.39, 0.29) is 38.3 Å². The molecule has 0 aliphatic heterocycles. The fraction of sp³-hybridized carbons (Fsp3) is 0.625. The number of unbranched alkanes of at least 4 members (excludes halogenated alkanes) is 1. The molecule has 0 aliphatic rings. The van der Waals surface area contributed by atoms with E-state index in [1.807, 2.05) is 0 Å². The van der Waals surface area contributed by atoms with Gasteiger partial charge in [-0.15, -0.1) is 0 Å². The van der Waals surface area contributed by atoms with Crippen LogP contribution in [0.15, 0.2) is 25.3 Å². The highest BCUT2D eigenvalue weighted by molar-refractivity contribution is 5.89. The second-order valence-corrected chi connectivity index (χ2v) is 8.69. The number of hydrogen-bond donors (Lipinski definition) is 3. The molecule has 0 radical (unpaired) electrons. The van der Waals surface area contributed by atoms with Crippen molar-refractivity contribution in [3.63, 3.8) is 0 Å². The molecule has 0 spiro atoms. The average molecular weight is 498 g/mol. The summed E-state index contributed by atoms with van der Waals surface area (Å²) >= 11 is 0. The predicted molar refractivity (Wildman–Crippen MR) is 130 cm³/mol. The fourth-order valence-corrected chi connectivity index (χ4v) is 2.69. The van der Waals surface area contributed by atoms with Crippen LogP contribution in [-0.2, 0) is 28.6 Å². The number of esters is 2. The summed E-state index contributed by atoms with van der Waals surface area (Å²) in [6.45, 7) is 13.8. The number of ether oxygens (including phenoxy) is 3. The first-order valence-electron chi connectivity index (χ1n) is 11.5. The first kappa shape index (κ1) is 31.6. The maximum Gasteiger partial charge on any atom is 0.407 e. The van der Waals surface area contributed by atoms with Gasteiger partial charge in [0.15, 0.2) is 5.78 Å². The van der Waals surface area contributed by atoms with E-state index in [4.69, 9.17) is 14.2 Å². The summed E-state index contributed by atoms with van der Waals surface area (Å²) in [6, 6.07) is -2.67. The molecule has 2 unspecified atom stereocenters. The van der Waals surface area contributed by atoms with E-state index in [1.54, 1.807) is 20.8 Å². The smallest absolute Gasteiger partial charge is 0.407 e. The highest BCUT2D eigenvalue weighted by atomic mass is 16.6. The van der Waals surface area contributed by atoms with Crippen LogP contribution in [-0.4, -0.2) is 67.3 Å². The van der Waals surface area contributed by atoms with Crippen molar-refractivity contribution in [1.82, 2.24) is 16.0 Å². The third-order valence-electron chi connectivity index (χ3n) is 4.32. The Kier molecular flexibility index (Phi) is 15.5. The Morgan fingerprint density at radius 1 is 0.886 bits per heavy atom. The van der Waals surface area contributed by atoms with Crippen LogP contribution in [0.4, 0.5) is 9.59 Å². The van der Waals surface area contributed by atoms with Gasteiger partial charge in [0.05, 0.1) is 6.04 Å². The number of Topliss-reactive ketones (excluding diaryl/α,β-unsaturated/α-hetero) is 1. The zero-order valence-electron chi connectivity index (χ0n) is 21.1. The van der Waals surface area contributed by atoms with Gasteiger partial charge in [-0.3, -0.25) is 9.59 Å². The SMILES string of the molecule is C=CCOC(=O)CCC(NC(=O)NC(CCCCNC(=O)OC(C)(C)C)C(=O)OCC=C)C(C)=O. The quantitative estimate of drug-likeness (QED) is 0.127. The molecule has 0 bridgehead atoms. The predicted octanol–water partition coefficient (Wildman–Crippen LogP) is 2.55. The van der Waals surface area contributed by atoms with Crippen LogP contribution in [0.5, 0.6) is 0 Å². The van der Waals surface area contributed by atoms with E-state index < -0.39 is 41.7 Å². The van der Waals surface area contributed by atoms with Gasteiger partial charge in [-0.05, 0) is 53.4 Å². The number of rotatable bonds is 16. The van der Waals surface area contributed by atoms with E-state index >= 15 is 0 Å². The molecule has 198 valence electrons. The van der Waals surface area contributed by atoms with E-state index in [9.17, 15) is 24.0 Å². The molecule has 0 heterocycles. The minimum absolute atomic E-state index is 0.0261. The van der Waals surface area contributed by atoms with Gasteiger partial charge >= 0.3 is 24.1 Å². The number of alkyl carbamates (subject to hydrolysis) is 1. The number of carbonyl (C=O) groups excluding carboxylic acids is 5. The van der Waals surface area contributed by atoms with E-state index in [2.05, 4.69) is 29.1 Å². The molecule has 11 nitrogen and oxygen atoms in total. The molecule has 3 N–H and O–H groups in total. The van der Waals surface area contributed by atoms with Crippen molar-refractivity contribution in [1.29, 1.82) is 0 Å². The lowest BCUT2D eigenvalue weighted by atomic mass is 10.1. The summed E-state index contributed by atoms with van der Waals surface area (Å²) in [7, 11) is 0. The topological polar surface area (TPSA) is 149 Å². The Hall–Kier alpha value is -3.37. The van der Waals surface area contributed by atoms with Crippen LogP contribution in [0.2, 0.25) is 0 Å². The first-order chi connectivity index (χ1) is 16.4. The monoisotopic (exact) mass is 497 g/mol. The lowest BCUT2D eigenvalue weighted by Crippen LogP contribution is -2.51. The van der Waals surface area contributed by atoms with Crippen molar-refractivity contribution in [2.45, 2.75) is 77.5 Å². The molecule has 11 heteroatoms. The molecule has 35 heavy (non-hydrogen) atoms. The number of amides is 3. The number of ketones is 1. The molecular weight excluding hydrogens is 458 g/mol. The van der Waals surface area contributed by atoms with Gasteiger partial charge in [0.2, 0.25) is 0 Å². The van der Waals surface area contributed by atoms with Crippen LogP contribution in [0.25, 0.3) is 0 Å². The summed E-state index contributed by atoms with van der Waals surface area (Å²) in [6.07, 6.45) is 3.49. The van der Waals surface area contributed by atoms with Crippen molar-refractivity contribution in [2.24, 2.45) is 0 Å². The van der Waals surface area contributed by atoms with E-state index in [0.717, 1.165) is 0 Å². The molecule has 0 saturated carbocycles. The Labute approximate surface area is 207 Å². The van der Waals surface area contributed by atoms with Gasteiger partial charge in [-0.25, -0.2) is 14.4 Å². The molecule has 0 saturated heterocycles. The molecule has 2 atom stereocenters. The summed E-state index contributed by atoms with van der Waals surface area (Å²) in [5, 5.41) is 7.61. The number of carbonyl (C=O) groups is 5. The Morgan fingerprint density at radius 2 is 1.49 bits per heavy atom. The Bertz CT molecular complexity index is 746. The van der Waals surface area contributed by atoms with E-state index in [0.29, 0.717) is 19.4 Å². The standard InChI is InChI=1S/C24H39N3O8/c1-7-15-33-20(29)13-12-18(17(3)28)26-22(31)27-19(21(30)34-16-8-2)11-9-10-14-25-23(32)35-24(4,5)6/h7-8,18-19H,1-2,9-16H2,3-6H3,(H,25,32)(H2,26,27,31). The molecule has 0 rings (SSSR count). The van der Waals surface area contributed by atoms with Crippen LogP contribution < -0.4 is 16.0 Å². The maximum atomic E-state index is 12.5. The lowest BCUT2D eigenvalue weighted by Gasteiger charge is -2.21. The number of urea groups is 1. The third kappa shape index (κ3) is 16.8. The minimum Gasteiger partial charge on any atom is -0.461 e. The molecule has 3 amide bonds. The second-order valence-electron chi connectivity index (χ2n) is 8.69. The minimum atomic E-state index is -0.985. The van der Waals surface area contributed by atoms with Crippen molar-refractivity contribution >= 4 is 29.8 Å². The molecule has 0 aliphatic carbocycles. The highest BCUT2D eigenvalue weighted by Crippen LogP contribution is 2.08. The third-order valence-corrected chi connectivity index (χ3v) is 4.32. The van der Waals surface area contributed by atoms with Gasteiger partial charge in [-0.1, -0.05) is 25.3 Å². The van der Waals surface area contributed by atoms with Gasteiger partial charge in [-0.2, -0.15) is 0 Å². The fourth-order valence-electron chi connectivity index (χ4n) is 2.69. The van der Waals surface area contributed by atoms with E-state index in [1.165, 1.54) is 19.1 Å². The van der Waals surface area contributed by atoms with Gasteiger partial charge in [0, 0.05) is 13.0 Å². The van der Waals surface area contributed by atoms with Crippen molar-refractivity contribution in [3.8, 4) is 0 Å². The largest absolute Gasteiger partial charge is 0.461 e. The summed E-state index contributed by atoms with van der Waals surface area (Å²) < 4.78 is 15.1. The Morgan fingerprint density at radius 3 is 2.06 bits per heavy atom. The number of hydrogen-bond acceptors (Lipinski definition) is 8. The zero-order chi connectivity index (χ0) is 26.9. The summed E-state index contributed by atoms with van der Waals surface area (Å²) in [5.74, 6) is -1.53. The van der Waals surface area contributed by atoms with Gasteiger partial charge < -0.3 is 30.2 Å². The van der Waals surface area contributed by atoms with Crippen molar-refractivity contribution in [3.05, 3.63) is 25.3 Å². The summed E-state index contributed by atoms with van der Waals surface area (Å²) in [5.41, 5.74) is -0.606. The van der Waals surface area contributed by atoms with Gasteiger partial charge in [0.1, 0.15) is 24.9 Å². The molecule has 0 aromatic heterocycles. The van der Waals surface area contributed by atoms with Crippen LogP contribution >= 0.6 is 0 Å². The van der Waals surface area contributed by atoms with Crippen LogP contribution in [0.1, 0.15) is 59.8 Å². The van der Waals surface area contributed by atoms with Crippen LogP contribution in [0, 0.1) is 0 Å². The number of nitrogens with one attached hydrogen (secondary N) is 3. The van der Waals surface area contributed by atoms with Gasteiger partial charge in [0.25, 0.3) is 0 Å². The zero-order valence-corrected chi connectivity index (χ0v) is 21.1.